The van der Waals surface area contributed by atoms with E-state index in [1.807, 2.05) is 6.92 Å². The minimum absolute atomic E-state index is 0.00246. The summed E-state index contributed by atoms with van der Waals surface area (Å²) in [6, 6.07) is 1.53. The highest BCUT2D eigenvalue weighted by Gasteiger charge is 2.25. The SMILES string of the molecule is CCOc1cc(CO)cnc1C(=O)N(C)C(=O)OC(C)CC. The van der Waals surface area contributed by atoms with Gasteiger partial charge in [-0.25, -0.2) is 14.7 Å². The van der Waals surface area contributed by atoms with Crippen LogP contribution in [0.2, 0.25) is 0 Å². The maximum atomic E-state index is 12.4. The van der Waals surface area contributed by atoms with E-state index in [4.69, 9.17) is 14.6 Å². The number of aromatic nitrogens is 1. The van der Waals surface area contributed by atoms with Crippen molar-refractivity contribution in [3.8, 4) is 5.75 Å². The van der Waals surface area contributed by atoms with E-state index in [0.717, 1.165) is 4.90 Å². The van der Waals surface area contributed by atoms with E-state index in [-0.39, 0.29) is 24.2 Å². The molecule has 7 nitrogen and oxygen atoms in total. The zero-order chi connectivity index (χ0) is 16.7. The van der Waals surface area contributed by atoms with Gasteiger partial charge in [-0.15, -0.1) is 0 Å². The van der Waals surface area contributed by atoms with Gasteiger partial charge in [-0.05, 0) is 31.9 Å². The first-order chi connectivity index (χ1) is 10.4. The van der Waals surface area contributed by atoms with E-state index in [2.05, 4.69) is 4.98 Å². The van der Waals surface area contributed by atoms with Gasteiger partial charge in [0, 0.05) is 13.2 Å². The minimum Gasteiger partial charge on any atom is -0.491 e. The van der Waals surface area contributed by atoms with Crippen LogP contribution in [0.5, 0.6) is 5.75 Å². The quantitative estimate of drug-likeness (QED) is 0.864. The number of hydrogen-bond donors (Lipinski definition) is 1. The fourth-order valence-electron chi connectivity index (χ4n) is 1.57. The number of amides is 2. The Hall–Kier alpha value is -2.15. The molecule has 0 aliphatic heterocycles. The molecule has 1 N–H and O–H groups in total. The predicted molar refractivity (Wildman–Crippen MR) is 79.7 cm³/mol. The van der Waals surface area contributed by atoms with E-state index in [1.54, 1.807) is 13.8 Å². The van der Waals surface area contributed by atoms with Gasteiger partial charge < -0.3 is 14.6 Å². The minimum atomic E-state index is -0.741. The molecule has 1 aromatic rings. The lowest BCUT2D eigenvalue weighted by Gasteiger charge is -2.19. The van der Waals surface area contributed by atoms with Crippen molar-refractivity contribution in [3.63, 3.8) is 0 Å². The van der Waals surface area contributed by atoms with Crippen molar-refractivity contribution in [1.82, 2.24) is 9.88 Å². The summed E-state index contributed by atoms with van der Waals surface area (Å²) in [6.45, 7) is 5.50. The van der Waals surface area contributed by atoms with E-state index in [1.165, 1.54) is 19.3 Å². The topological polar surface area (TPSA) is 89.0 Å². The lowest BCUT2D eigenvalue weighted by molar-refractivity contribution is 0.0582. The molecule has 1 aromatic heterocycles. The Bertz CT molecular complexity index is 533. The Kier molecular flexibility index (Phi) is 6.78. The summed E-state index contributed by atoms with van der Waals surface area (Å²) in [7, 11) is 1.32. The van der Waals surface area contributed by atoms with Gasteiger partial charge in [0.25, 0.3) is 5.91 Å². The van der Waals surface area contributed by atoms with Crippen molar-refractivity contribution in [2.45, 2.75) is 39.9 Å². The van der Waals surface area contributed by atoms with Gasteiger partial charge in [0.05, 0.1) is 13.2 Å². The number of hydrogen-bond acceptors (Lipinski definition) is 6. The number of imide groups is 1. The smallest absolute Gasteiger partial charge is 0.416 e. The molecule has 0 saturated heterocycles. The first-order valence-electron chi connectivity index (χ1n) is 7.15. The van der Waals surface area contributed by atoms with Gasteiger partial charge in [-0.2, -0.15) is 0 Å². The van der Waals surface area contributed by atoms with E-state index in [9.17, 15) is 9.59 Å². The highest BCUT2D eigenvalue weighted by molar-refractivity contribution is 6.03. The number of carbonyl (C=O) groups excluding carboxylic acids is 2. The number of aliphatic hydroxyl groups excluding tert-OH is 1. The molecule has 0 bridgehead atoms. The van der Waals surface area contributed by atoms with Crippen LogP contribution in [0, 0.1) is 0 Å². The van der Waals surface area contributed by atoms with Crippen molar-refractivity contribution in [1.29, 1.82) is 0 Å². The van der Waals surface area contributed by atoms with E-state index < -0.39 is 12.0 Å². The van der Waals surface area contributed by atoms with Gasteiger partial charge in [0.15, 0.2) is 11.4 Å². The monoisotopic (exact) mass is 310 g/mol. The predicted octanol–water partition coefficient (Wildman–Crippen LogP) is 1.98. The largest absolute Gasteiger partial charge is 0.491 e. The summed E-state index contributed by atoms with van der Waals surface area (Å²) >= 11 is 0. The van der Waals surface area contributed by atoms with Crippen molar-refractivity contribution in [2.75, 3.05) is 13.7 Å². The normalized spacial score (nSPS) is 11.7. The second-order valence-corrected chi connectivity index (χ2v) is 4.75. The average molecular weight is 310 g/mol. The molecule has 0 spiro atoms. The van der Waals surface area contributed by atoms with Crippen LogP contribution in [-0.4, -0.2) is 46.7 Å². The van der Waals surface area contributed by atoms with Crippen molar-refractivity contribution in [2.24, 2.45) is 0 Å². The summed E-state index contributed by atoms with van der Waals surface area (Å²) in [4.78, 5) is 29.1. The highest BCUT2D eigenvalue weighted by Crippen LogP contribution is 2.20. The third-order valence-electron chi connectivity index (χ3n) is 3.05. The molecule has 0 radical (unpaired) electrons. The van der Waals surface area contributed by atoms with Crippen LogP contribution in [0.15, 0.2) is 12.3 Å². The molecule has 1 unspecified atom stereocenters. The average Bonchev–Trinajstić information content (AvgIpc) is 2.53. The summed E-state index contributed by atoms with van der Waals surface area (Å²) in [5.74, 6) is -0.400. The molecule has 0 saturated carbocycles. The third-order valence-corrected chi connectivity index (χ3v) is 3.05. The maximum Gasteiger partial charge on any atom is 0.416 e. The fourth-order valence-corrected chi connectivity index (χ4v) is 1.57. The molecule has 0 aliphatic rings. The standard InChI is InChI=1S/C15H22N2O5/c1-5-10(3)22-15(20)17(4)14(19)13-12(21-6-2)7-11(9-18)8-16-13/h7-8,10,18H,5-6,9H2,1-4H3. The van der Waals surface area contributed by atoms with Crippen LogP contribution >= 0.6 is 0 Å². The van der Waals surface area contributed by atoms with Crippen molar-refractivity contribution < 1.29 is 24.2 Å². The number of aliphatic hydroxyl groups is 1. The van der Waals surface area contributed by atoms with Crippen LogP contribution in [0.25, 0.3) is 0 Å². The number of ether oxygens (including phenoxy) is 2. The zero-order valence-electron chi connectivity index (χ0n) is 13.3. The number of nitrogens with zero attached hydrogens (tertiary/aromatic N) is 2. The van der Waals surface area contributed by atoms with E-state index in [0.29, 0.717) is 18.6 Å². The lowest BCUT2D eigenvalue weighted by atomic mass is 10.2. The molecule has 0 fully saturated rings. The molecule has 2 amide bonds. The Balaban J connectivity index is 2.98. The van der Waals surface area contributed by atoms with Gasteiger partial charge in [0.2, 0.25) is 0 Å². The number of rotatable bonds is 6. The number of pyridine rings is 1. The molecule has 0 aromatic carbocycles. The van der Waals surface area contributed by atoms with Gasteiger partial charge in [-0.1, -0.05) is 6.92 Å². The van der Waals surface area contributed by atoms with Gasteiger partial charge in [-0.3, -0.25) is 4.79 Å². The Morgan fingerprint density at radius 2 is 2.09 bits per heavy atom. The summed E-state index contributed by atoms with van der Waals surface area (Å²) < 4.78 is 10.5. The summed E-state index contributed by atoms with van der Waals surface area (Å²) in [5.41, 5.74) is 0.521. The van der Waals surface area contributed by atoms with Gasteiger partial charge in [0.1, 0.15) is 6.10 Å². The second-order valence-electron chi connectivity index (χ2n) is 4.75. The molecule has 1 rings (SSSR count). The Labute approximate surface area is 129 Å². The maximum absolute atomic E-state index is 12.4. The van der Waals surface area contributed by atoms with Gasteiger partial charge >= 0.3 is 6.09 Å². The lowest BCUT2D eigenvalue weighted by Crippen LogP contribution is -2.36. The summed E-state index contributed by atoms with van der Waals surface area (Å²) in [5, 5.41) is 9.12. The molecule has 22 heavy (non-hydrogen) atoms. The second kappa shape index (κ2) is 8.33. The van der Waals surface area contributed by atoms with Crippen LogP contribution in [0.4, 0.5) is 4.79 Å². The highest BCUT2D eigenvalue weighted by atomic mass is 16.6. The van der Waals surface area contributed by atoms with Crippen LogP contribution < -0.4 is 4.74 Å². The van der Waals surface area contributed by atoms with Crippen molar-refractivity contribution >= 4 is 12.0 Å². The first-order valence-corrected chi connectivity index (χ1v) is 7.15. The molecular weight excluding hydrogens is 288 g/mol. The van der Waals surface area contributed by atoms with Crippen LogP contribution in [0.3, 0.4) is 0 Å². The van der Waals surface area contributed by atoms with Crippen molar-refractivity contribution in [3.05, 3.63) is 23.5 Å². The number of carbonyl (C=O) groups is 2. The molecule has 122 valence electrons. The zero-order valence-corrected chi connectivity index (χ0v) is 13.3. The Morgan fingerprint density at radius 3 is 2.64 bits per heavy atom. The third kappa shape index (κ3) is 4.42. The van der Waals surface area contributed by atoms with Crippen LogP contribution in [-0.2, 0) is 11.3 Å². The molecule has 0 aliphatic carbocycles. The molecule has 1 atom stereocenters. The first kappa shape index (κ1) is 17.9. The fraction of sp³-hybridized carbons (Fsp3) is 0.533. The Morgan fingerprint density at radius 1 is 1.41 bits per heavy atom. The summed E-state index contributed by atoms with van der Waals surface area (Å²) in [6.07, 6.45) is 0.999. The molecule has 7 heteroatoms. The molecular formula is C15H22N2O5. The van der Waals surface area contributed by atoms with E-state index >= 15 is 0 Å². The van der Waals surface area contributed by atoms with Crippen LogP contribution in [0.1, 0.15) is 43.2 Å². The molecule has 1 heterocycles.